The molecule has 0 bridgehead atoms. The highest BCUT2D eigenvalue weighted by Crippen LogP contribution is 2.29. The number of benzene rings is 1. The van der Waals surface area contributed by atoms with E-state index < -0.39 is 12.8 Å². The number of rotatable bonds is 6. The number of methoxy groups -OCH3 is 1. The van der Waals surface area contributed by atoms with Crippen LogP contribution >= 0.6 is 12.4 Å². The van der Waals surface area contributed by atoms with Crippen molar-refractivity contribution < 1.29 is 27.4 Å². The molecule has 1 fully saturated rings. The Morgan fingerprint density at radius 1 is 1.38 bits per heavy atom. The quantitative estimate of drug-likeness (QED) is 0.809. The molecule has 0 aliphatic carbocycles. The van der Waals surface area contributed by atoms with Crippen LogP contribution in [0.3, 0.4) is 0 Å². The summed E-state index contributed by atoms with van der Waals surface area (Å²) in [4.78, 5) is 11.9. The molecule has 2 N–H and O–H groups in total. The first-order chi connectivity index (χ1) is 10.9. The molecule has 1 saturated heterocycles. The Morgan fingerprint density at radius 2 is 2.12 bits per heavy atom. The zero-order valence-electron chi connectivity index (χ0n) is 13.1. The van der Waals surface area contributed by atoms with Gasteiger partial charge in [0.25, 0.3) is 0 Å². The van der Waals surface area contributed by atoms with Gasteiger partial charge in [0.1, 0.15) is 0 Å². The van der Waals surface area contributed by atoms with E-state index in [4.69, 9.17) is 9.47 Å². The van der Waals surface area contributed by atoms with Crippen LogP contribution in [0.25, 0.3) is 0 Å². The zero-order valence-corrected chi connectivity index (χ0v) is 13.9. The molecule has 1 atom stereocenters. The van der Waals surface area contributed by atoms with Gasteiger partial charge in [-0.3, -0.25) is 4.79 Å². The summed E-state index contributed by atoms with van der Waals surface area (Å²) in [5.41, 5.74) is 0.723. The molecule has 1 heterocycles. The lowest BCUT2D eigenvalue weighted by Crippen LogP contribution is -2.31. The number of hydrogen-bond donors (Lipinski definition) is 2. The lowest BCUT2D eigenvalue weighted by molar-refractivity contribution is -0.153. The third-order valence-electron chi connectivity index (χ3n) is 3.52. The average molecular weight is 369 g/mol. The fourth-order valence-electron chi connectivity index (χ4n) is 2.31. The summed E-state index contributed by atoms with van der Waals surface area (Å²) in [5.74, 6) is 0.140. The fraction of sp³-hybridized carbons (Fsp3) is 0.533. The van der Waals surface area contributed by atoms with Gasteiger partial charge in [0.15, 0.2) is 18.1 Å². The van der Waals surface area contributed by atoms with Gasteiger partial charge in [-0.05, 0) is 30.7 Å². The summed E-state index contributed by atoms with van der Waals surface area (Å²) in [6, 6.07) is 4.56. The molecular formula is C15H20ClF3N2O3. The Balaban J connectivity index is 0.00000288. The molecular weight excluding hydrogens is 349 g/mol. The van der Waals surface area contributed by atoms with E-state index in [0.29, 0.717) is 6.54 Å². The van der Waals surface area contributed by atoms with Crippen molar-refractivity contribution in [2.75, 3.05) is 26.8 Å². The lowest BCUT2D eigenvalue weighted by Gasteiger charge is -2.14. The van der Waals surface area contributed by atoms with Crippen LogP contribution in [-0.4, -0.2) is 38.9 Å². The molecule has 0 saturated carbocycles. The van der Waals surface area contributed by atoms with E-state index in [2.05, 4.69) is 10.6 Å². The summed E-state index contributed by atoms with van der Waals surface area (Å²) in [6.07, 6.45) is -3.60. The average Bonchev–Trinajstić information content (AvgIpc) is 3.04. The lowest BCUT2D eigenvalue weighted by atomic mass is 10.1. The normalized spacial score (nSPS) is 17.1. The van der Waals surface area contributed by atoms with Gasteiger partial charge >= 0.3 is 6.18 Å². The van der Waals surface area contributed by atoms with E-state index >= 15 is 0 Å². The Morgan fingerprint density at radius 3 is 2.71 bits per heavy atom. The Hall–Kier alpha value is -1.67. The first-order valence-electron chi connectivity index (χ1n) is 7.24. The highest BCUT2D eigenvalue weighted by Gasteiger charge is 2.29. The minimum absolute atomic E-state index is 0. The van der Waals surface area contributed by atoms with Crippen molar-refractivity contribution in [2.24, 2.45) is 5.92 Å². The summed E-state index contributed by atoms with van der Waals surface area (Å²) >= 11 is 0. The molecule has 2 rings (SSSR count). The highest BCUT2D eigenvalue weighted by molar-refractivity contribution is 5.85. The van der Waals surface area contributed by atoms with Gasteiger partial charge in [-0.25, -0.2) is 0 Å². The SMILES string of the molecule is COc1cc(CNC(=O)C2CCNC2)ccc1OCC(F)(F)F.Cl. The van der Waals surface area contributed by atoms with Crippen molar-refractivity contribution in [1.82, 2.24) is 10.6 Å². The minimum Gasteiger partial charge on any atom is -0.493 e. The molecule has 0 spiro atoms. The third kappa shape index (κ3) is 6.09. The Kier molecular flexibility index (Phi) is 7.62. The molecule has 1 unspecified atom stereocenters. The molecule has 5 nitrogen and oxygen atoms in total. The molecule has 1 aromatic carbocycles. The van der Waals surface area contributed by atoms with E-state index in [1.807, 2.05) is 0 Å². The maximum atomic E-state index is 12.2. The van der Waals surface area contributed by atoms with Crippen molar-refractivity contribution in [3.63, 3.8) is 0 Å². The summed E-state index contributed by atoms with van der Waals surface area (Å²) < 4.78 is 46.3. The van der Waals surface area contributed by atoms with Gasteiger partial charge in [0.05, 0.1) is 13.0 Å². The largest absolute Gasteiger partial charge is 0.493 e. The molecule has 136 valence electrons. The van der Waals surface area contributed by atoms with E-state index in [1.165, 1.54) is 13.2 Å². The van der Waals surface area contributed by atoms with Crippen molar-refractivity contribution in [2.45, 2.75) is 19.1 Å². The van der Waals surface area contributed by atoms with Crippen LogP contribution in [0, 0.1) is 5.92 Å². The maximum Gasteiger partial charge on any atom is 0.422 e. The van der Waals surface area contributed by atoms with Gasteiger partial charge in [-0.2, -0.15) is 13.2 Å². The van der Waals surface area contributed by atoms with Crippen LogP contribution in [0.2, 0.25) is 0 Å². The standard InChI is InChI=1S/C15H19F3N2O3.ClH/c1-22-13-6-10(2-3-12(13)23-9-15(16,17)18)7-20-14(21)11-4-5-19-8-11;/h2-3,6,11,19H,4-5,7-9H2,1H3,(H,20,21);1H. The molecule has 24 heavy (non-hydrogen) atoms. The predicted octanol–water partition coefficient (Wildman–Crippen LogP) is 2.28. The first kappa shape index (κ1) is 20.4. The number of amides is 1. The van der Waals surface area contributed by atoms with Crippen LogP contribution in [0.15, 0.2) is 18.2 Å². The van der Waals surface area contributed by atoms with Crippen molar-refractivity contribution >= 4 is 18.3 Å². The van der Waals surface area contributed by atoms with Crippen LogP contribution in [-0.2, 0) is 11.3 Å². The van der Waals surface area contributed by atoms with Crippen LogP contribution < -0.4 is 20.1 Å². The number of carbonyl (C=O) groups excluding carboxylic acids is 1. The second-order valence-corrected chi connectivity index (χ2v) is 5.30. The van der Waals surface area contributed by atoms with Gasteiger partial charge < -0.3 is 20.1 Å². The molecule has 1 aliphatic rings. The third-order valence-corrected chi connectivity index (χ3v) is 3.52. The first-order valence-corrected chi connectivity index (χ1v) is 7.24. The second-order valence-electron chi connectivity index (χ2n) is 5.30. The van der Waals surface area contributed by atoms with Crippen molar-refractivity contribution in [3.05, 3.63) is 23.8 Å². The summed E-state index contributed by atoms with van der Waals surface area (Å²) in [7, 11) is 1.35. The minimum atomic E-state index is -4.41. The summed E-state index contributed by atoms with van der Waals surface area (Å²) in [5, 5.41) is 5.93. The second kappa shape index (κ2) is 8.98. The van der Waals surface area contributed by atoms with Gasteiger partial charge in [-0.1, -0.05) is 6.07 Å². The number of hydrogen-bond acceptors (Lipinski definition) is 4. The van der Waals surface area contributed by atoms with Crippen LogP contribution in [0.1, 0.15) is 12.0 Å². The summed E-state index contributed by atoms with van der Waals surface area (Å²) in [6.45, 7) is 0.399. The van der Waals surface area contributed by atoms with Gasteiger partial charge in [0.2, 0.25) is 5.91 Å². The molecule has 0 aromatic heterocycles. The molecule has 1 aliphatic heterocycles. The number of alkyl halides is 3. The number of carbonyl (C=O) groups is 1. The Bertz CT molecular complexity index is 549. The van der Waals surface area contributed by atoms with E-state index in [9.17, 15) is 18.0 Å². The monoisotopic (exact) mass is 368 g/mol. The van der Waals surface area contributed by atoms with Crippen molar-refractivity contribution in [1.29, 1.82) is 0 Å². The predicted molar refractivity (Wildman–Crippen MR) is 84.6 cm³/mol. The fourth-order valence-corrected chi connectivity index (χ4v) is 2.31. The van der Waals surface area contributed by atoms with Crippen LogP contribution in [0.5, 0.6) is 11.5 Å². The molecule has 9 heteroatoms. The van der Waals surface area contributed by atoms with Gasteiger partial charge in [0, 0.05) is 13.1 Å². The van der Waals surface area contributed by atoms with Crippen LogP contribution in [0.4, 0.5) is 13.2 Å². The Labute approximate surface area is 144 Å². The maximum absolute atomic E-state index is 12.2. The van der Waals surface area contributed by atoms with E-state index in [1.54, 1.807) is 12.1 Å². The highest BCUT2D eigenvalue weighted by atomic mass is 35.5. The number of ether oxygens (including phenoxy) is 2. The number of nitrogens with one attached hydrogen (secondary N) is 2. The topological polar surface area (TPSA) is 59.6 Å². The smallest absolute Gasteiger partial charge is 0.422 e. The zero-order chi connectivity index (χ0) is 16.9. The number of halogens is 4. The molecule has 1 amide bonds. The van der Waals surface area contributed by atoms with E-state index in [0.717, 1.165) is 18.5 Å². The molecule has 1 aromatic rings. The van der Waals surface area contributed by atoms with Gasteiger partial charge in [-0.15, -0.1) is 12.4 Å². The van der Waals surface area contributed by atoms with E-state index in [-0.39, 0.29) is 42.3 Å². The van der Waals surface area contributed by atoms with Crippen molar-refractivity contribution in [3.8, 4) is 11.5 Å². The molecule has 0 radical (unpaired) electrons.